The number of allylic oxidation sites excluding steroid dienone is 3. The molecule has 0 aliphatic heterocycles. The zero-order chi connectivity index (χ0) is 19.7. The molecule has 27 heavy (non-hydrogen) atoms. The number of hydrogen-bond donors (Lipinski definition) is 1. The normalized spacial score (nSPS) is 15.9. The van der Waals surface area contributed by atoms with E-state index in [2.05, 4.69) is 18.2 Å². The molecule has 1 unspecified atom stereocenters. The van der Waals surface area contributed by atoms with Crippen LogP contribution in [0.15, 0.2) is 52.9 Å². The highest BCUT2D eigenvalue weighted by Crippen LogP contribution is 2.46. The van der Waals surface area contributed by atoms with E-state index in [1.165, 1.54) is 0 Å². The number of hydrogen-bond acceptors (Lipinski definition) is 3. The third-order valence-electron chi connectivity index (χ3n) is 4.78. The van der Waals surface area contributed by atoms with Crippen molar-refractivity contribution in [3.8, 4) is 6.07 Å². The average Bonchev–Trinajstić information content (AvgIpc) is 2.93. The van der Waals surface area contributed by atoms with Gasteiger partial charge in [0.1, 0.15) is 6.07 Å². The number of nitrogens with zero attached hydrogens (tertiary/aromatic N) is 1. The largest absolute Gasteiger partial charge is 0.393 e. The molecule has 0 amide bonds. The number of thiocarbonyl (C=S) groups is 1. The smallest absolute Gasteiger partial charge is 0.100 e. The first-order valence-corrected chi connectivity index (χ1v) is 10.5. The Morgan fingerprint density at radius 3 is 2.41 bits per heavy atom. The van der Waals surface area contributed by atoms with Crippen LogP contribution in [0.5, 0.6) is 0 Å². The molecule has 0 heterocycles. The number of rotatable bonds is 4. The van der Waals surface area contributed by atoms with Crippen LogP contribution in [0.4, 0.5) is 0 Å². The van der Waals surface area contributed by atoms with E-state index in [-0.39, 0.29) is 0 Å². The molecule has 3 rings (SSSR count). The second-order valence-electron chi connectivity index (χ2n) is 6.64. The maximum Gasteiger partial charge on any atom is 0.100 e. The van der Waals surface area contributed by atoms with E-state index >= 15 is 0 Å². The molecule has 0 fully saturated rings. The highest BCUT2D eigenvalue weighted by atomic mass is 32.2. The van der Waals surface area contributed by atoms with Gasteiger partial charge in [0.2, 0.25) is 0 Å². The second kappa shape index (κ2) is 7.59. The lowest BCUT2D eigenvalue weighted by Crippen LogP contribution is -2.08. The van der Waals surface area contributed by atoms with Crippen LogP contribution in [0.25, 0.3) is 16.7 Å². The lowest BCUT2D eigenvalue weighted by molar-refractivity contribution is 0.687. The molecule has 0 bridgehead atoms. The topological polar surface area (TPSA) is 66.9 Å². The summed E-state index contributed by atoms with van der Waals surface area (Å²) < 4.78 is 11.6. The van der Waals surface area contributed by atoms with Gasteiger partial charge in [-0.3, -0.25) is 4.21 Å². The maximum absolute atomic E-state index is 11.6. The van der Waals surface area contributed by atoms with Crippen LogP contribution in [0.3, 0.4) is 0 Å². The van der Waals surface area contributed by atoms with Gasteiger partial charge in [0, 0.05) is 33.9 Å². The fraction of sp³-hybridized carbons (Fsp3) is 0.182. The minimum atomic E-state index is -1.02. The summed E-state index contributed by atoms with van der Waals surface area (Å²) in [4.78, 5) is 1.16. The molecule has 1 aliphatic carbocycles. The zero-order valence-corrected chi connectivity index (χ0v) is 17.1. The van der Waals surface area contributed by atoms with Crippen molar-refractivity contribution in [3.63, 3.8) is 0 Å². The van der Waals surface area contributed by atoms with Crippen LogP contribution < -0.4 is 5.73 Å². The van der Waals surface area contributed by atoms with E-state index < -0.39 is 10.8 Å². The standard InChI is InChI=1S/C22H20N2OS2/c1-13-4-9-17-18(10-13)19(11-21(24)26)20(12-23)22(17)14(2)15-5-7-16(8-6-15)27(3)25/h4-10H,11H2,1-3H3,(H2,24,26). The Balaban J connectivity index is 2.25. The van der Waals surface area contributed by atoms with Crippen LogP contribution in [-0.4, -0.2) is 15.5 Å². The van der Waals surface area contributed by atoms with Gasteiger partial charge in [-0.05, 0) is 53.8 Å². The molecule has 0 radical (unpaired) electrons. The number of nitrogens with two attached hydrogens (primary N) is 1. The molecule has 5 heteroatoms. The van der Waals surface area contributed by atoms with Gasteiger partial charge in [-0.1, -0.05) is 48.1 Å². The number of nitriles is 1. The number of benzene rings is 2. The van der Waals surface area contributed by atoms with Crippen LogP contribution in [0.1, 0.15) is 35.6 Å². The molecule has 1 aliphatic rings. The first-order valence-electron chi connectivity index (χ1n) is 8.51. The van der Waals surface area contributed by atoms with Gasteiger partial charge in [-0.25, -0.2) is 0 Å². The van der Waals surface area contributed by atoms with Crippen LogP contribution >= 0.6 is 12.2 Å². The Labute approximate surface area is 167 Å². The summed E-state index contributed by atoms with van der Waals surface area (Å²) >= 11 is 5.12. The van der Waals surface area contributed by atoms with Crippen molar-refractivity contribution in [3.05, 3.63) is 70.3 Å². The Bertz CT molecular complexity index is 1070. The zero-order valence-electron chi connectivity index (χ0n) is 15.5. The molecular weight excluding hydrogens is 372 g/mol. The predicted molar refractivity (Wildman–Crippen MR) is 116 cm³/mol. The highest BCUT2D eigenvalue weighted by molar-refractivity contribution is 7.84. The van der Waals surface area contributed by atoms with E-state index in [0.29, 0.717) is 17.0 Å². The average molecular weight is 393 g/mol. The Morgan fingerprint density at radius 2 is 1.85 bits per heavy atom. The molecule has 0 saturated heterocycles. The molecular formula is C22H20N2OS2. The van der Waals surface area contributed by atoms with Gasteiger partial charge in [-0.2, -0.15) is 5.26 Å². The van der Waals surface area contributed by atoms with Crippen molar-refractivity contribution in [2.75, 3.05) is 6.26 Å². The van der Waals surface area contributed by atoms with Crippen molar-refractivity contribution in [2.45, 2.75) is 25.2 Å². The van der Waals surface area contributed by atoms with Gasteiger partial charge >= 0.3 is 0 Å². The third kappa shape index (κ3) is 3.64. The lowest BCUT2D eigenvalue weighted by atomic mass is 9.93. The van der Waals surface area contributed by atoms with E-state index in [0.717, 1.165) is 43.9 Å². The van der Waals surface area contributed by atoms with Crippen molar-refractivity contribution in [2.24, 2.45) is 5.73 Å². The summed E-state index contributed by atoms with van der Waals surface area (Å²) in [5, 5.41) is 9.91. The number of aryl methyl sites for hydroxylation is 1. The van der Waals surface area contributed by atoms with Gasteiger partial charge in [0.15, 0.2) is 0 Å². The molecule has 136 valence electrons. The van der Waals surface area contributed by atoms with E-state index in [1.807, 2.05) is 44.2 Å². The minimum absolute atomic E-state index is 0.374. The van der Waals surface area contributed by atoms with Crippen LogP contribution in [-0.2, 0) is 10.8 Å². The van der Waals surface area contributed by atoms with E-state index in [4.69, 9.17) is 18.0 Å². The molecule has 2 aromatic rings. The monoisotopic (exact) mass is 392 g/mol. The summed E-state index contributed by atoms with van der Waals surface area (Å²) in [6.07, 6.45) is 2.06. The lowest BCUT2D eigenvalue weighted by Gasteiger charge is -2.10. The second-order valence-corrected chi connectivity index (χ2v) is 8.54. The molecule has 2 N–H and O–H groups in total. The van der Waals surface area contributed by atoms with Crippen molar-refractivity contribution in [1.82, 2.24) is 0 Å². The van der Waals surface area contributed by atoms with Crippen molar-refractivity contribution < 1.29 is 4.21 Å². The SMILES string of the molecule is CC(=C1C(C#N)=C(CC(N)=S)c2cc(C)ccc21)c1ccc(S(C)=O)cc1. The predicted octanol–water partition coefficient (Wildman–Crippen LogP) is 4.63. The molecule has 0 saturated carbocycles. The summed E-state index contributed by atoms with van der Waals surface area (Å²) in [6, 6.07) is 16.2. The van der Waals surface area contributed by atoms with E-state index in [1.54, 1.807) is 6.26 Å². The Kier molecular flexibility index (Phi) is 5.41. The van der Waals surface area contributed by atoms with Crippen LogP contribution in [0.2, 0.25) is 0 Å². The summed E-state index contributed by atoms with van der Waals surface area (Å²) in [5.41, 5.74) is 13.4. The molecule has 2 aromatic carbocycles. The van der Waals surface area contributed by atoms with Gasteiger partial charge in [0.05, 0.1) is 10.6 Å². The highest BCUT2D eigenvalue weighted by Gasteiger charge is 2.28. The maximum atomic E-state index is 11.6. The molecule has 3 nitrogen and oxygen atoms in total. The third-order valence-corrected chi connectivity index (χ3v) is 5.86. The fourth-order valence-corrected chi connectivity index (χ4v) is 4.12. The fourth-order valence-electron chi connectivity index (χ4n) is 3.46. The molecule has 1 atom stereocenters. The van der Waals surface area contributed by atoms with Crippen molar-refractivity contribution >= 4 is 44.7 Å². The molecule has 0 spiro atoms. The first-order chi connectivity index (χ1) is 12.8. The Morgan fingerprint density at radius 1 is 1.19 bits per heavy atom. The minimum Gasteiger partial charge on any atom is -0.393 e. The first kappa shape index (κ1) is 19.2. The number of fused-ring (bicyclic) bond motifs is 1. The quantitative estimate of drug-likeness (QED) is 0.771. The van der Waals surface area contributed by atoms with Crippen molar-refractivity contribution in [1.29, 1.82) is 5.26 Å². The Hall–Kier alpha value is -2.55. The van der Waals surface area contributed by atoms with Gasteiger partial charge < -0.3 is 5.73 Å². The summed E-state index contributed by atoms with van der Waals surface area (Å²) in [5.74, 6) is 0. The summed E-state index contributed by atoms with van der Waals surface area (Å²) in [7, 11) is -1.02. The van der Waals surface area contributed by atoms with Gasteiger partial charge in [-0.15, -0.1) is 0 Å². The van der Waals surface area contributed by atoms with E-state index in [9.17, 15) is 9.47 Å². The van der Waals surface area contributed by atoms with Crippen LogP contribution in [0, 0.1) is 18.3 Å². The van der Waals surface area contributed by atoms with Gasteiger partial charge in [0.25, 0.3) is 0 Å². The summed E-state index contributed by atoms with van der Waals surface area (Å²) in [6.45, 7) is 4.04. The molecule has 0 aromatic heterocycles.